The Hall–Kier alpha value is -3.99. The number of nitrogens with zero attached hydrogens (tertiary/aromatic N) is 3. The lowest BCUT2D eigenvalue weighted by Gasteiger charge is -2.21. The molecule has 36 heavy (non-hydrogen) atoms. The van der Waals surface area contributed by atoms with E-state index in [0.29, 0.717) is 0 Å². The van der Waals surface area contributed by atoms with E-state index in [1.807, 2.05) is 12.4 Å². The third-order valence-electron chi connectivity index (χ3n) is 7.75. The van der Waals surface area contributed by atoms with Crippen molar-refractivity contribution < 1.29 is 0 Å². The first kappa shape index (κ1) is 21.3. The fourth-order valence-corrected chi connectivity index (χ4v) is 5.90. The van der Waals surface area contributed by atoms with Crippen molar-refractivity contribution in [2.45, 2.75) is 44.9 Å². The quantitative estimate of drug-likeness (QED) is 0.277. The van der Waals surface area contributed by atoms with E-state index >= 15 is 0 Å². The molecule has 0 spiro atoms. The second kappa shape index (κ2) is 8.90. The molecule has 1 aromatic carbocycles. The lowest BCUT2D eigenvalue weighted by atomic mass is 9.85. The number of benzene rings is 1. The van der Waals surface area contributed by atoms with E-state index in [-0.39, 0.29) is 0 Å². The number of fused-ring (bicyclic) bond motifs is 2. The van der Waals surface area contributed by atoms with Gasteiger partial charge in [0.15, 0.2) is 0 Å². The van der Waals surface area contributed by atoms with Crippen LogP contribution in [-0.4, -0.2) is 25.1 Å². The van der Waals surface area contributed by atoms with E-state index in [2.05, 4.69) is 80.9 Å². The number of hydrogen-bond acceptors (Lipinski definition) is 3. The minimum absolute atomic E-state index is 0.786. The molecule has 5 nitrogen and oxygen atoms in total. The Balaban J connectivity index is 1.25. The lowest BCUT2D eigenvalue weighted by molar-refractivity contribution is 0.356. The van der Waals surface area contributed by atoms with Crippen LogP contribution >= 0.6 is 0 Å². The summed E-state index contributed by atoms with van der Waals surface area (Å²) in [5, 5.41) is 9.03. The standard InChI is InChI=1S/C31H29N5/c1-2-7-20(8-3-1)15-21-16-23(19-32-18-21)26-13-14-28-30(34-26)31(36-35-28)29-17-25-24(22-9-4-5-10-22)11-6-12-27(25)33-29/h4,6,9-14,16-20,33H,1-3,5,7-8,15H2,(H,35,36). The average molecular weight is 472 g/mol. The SMILES string of the molecule is C1=CC(c2cccc3[nH]c(-c4n[nH]c5ccc(-c6cncc(CC7CCCCC7)c6)nc45)cc23)=CC1. The summed E-state index contributed by atoms with van der Waals surface area (Å²) in [6.07, 6.45) is 19.5. The molecule has 0 radical (unpaired) electrons. The molecule has 5 heteroatoms. The van der Waals surface area contributed by atoms with Gasteiger partial charge in [-0.3, -0.25) is 10.1 Å². The Bertz CT molecular complexity index is 1630. The van der Waals surface area contributed by atoms with Crippen molar-refractivity contribution in [2.75, 3.05) is 0 Å². The van der Waals surface area contributed by atoms with Crippen LogP contribution in [0.1, 0.15) is 49.7 Å². The molecule has 0 bridgehead atoms. The molecular formula is C31H29N5. The molecule has 0 unspecified atom stereocenters. The highest BCUT2D eigenvalue weighted by atomic mass is 15.1. The maximum Gasteiger partial charge on any atom is 0.135 e. The van der Waals surface area contributed by atoms with Crippen LogP contribution in [-0.2, 0) is 6.42 Å². The van der Waals surface area contributed by atoms with Gasteiger partial charge in [-0.1, -0.05) is 62.5 Å². The van der Waals surface area contributed by atoms with Gasteiger partial charge in [0.25, 0.3) is 0 Å². The van der Waals surface area contributed by atoms with Crippen molar-refractivity contribution in [3.63, 3.8) is 0 Å². The zero-order valence-corrected chi connectivity index (χ0v) is 20.3. The van der Waals surface area contributed by atoms with Gasteiger partial charge in [0.05, 0.1) is 16.9 Å². The maximum absolute atomic E-state index is 5.06. The van der Waals surface area contributed by atoms with Crippen molar-refractivity contribution in [3.05, 3.63) is 84.2 Å². The van der Waals surface area contributed by atoms with Gasteiger partial charge in [-0.2, -0.15) is 5.10 Å². The minimum Gasteiger partial charge on any atom is -0.353 e. The highest BCUT2D eigenvalue weighted by Crippen LogP contribution is 2.34. The van der Waals surface area contributed by atoms with E-state index in [1.54, 1.807) is 0 Å². The summed E-state index contributed by atoms with van der Waals surface area (Å²) in [5.74, 6) is 0.786. The number of H-pyrrole nitrogens is 2. The Kier molecular flexibility index (Phi) is 5.27. The molecular weight excluding hydrogens is 442 g/mol. The number of nitrogens with one attached hydrogen (secondary N) is 2. The van der Waals surface area contributed by atoms with Gasteiger partial charge in [-0.05, 0) is 65.8 Å². The first-order chi connectivity index (χ1) is 17.8. The Labute approximate surface area is 210 Å². The predicted octanol–water partition coefficient (Wildman–Crippen LogP) is 7.63. The van der Waals surface area contributed by atoms with Crippen molar-refractivity contribution in [3.8, 4) is 22.6 Å². The Morgan fingerprint density at radius 2 is 1.89 bits per heavy atom. The molecule has 178 valence electrons. The molecule has 1 saturated carbocycles. The first-order valence-corrected chi connectivity index (χ1v) is 13.1. The smallest absolute Gasteiger partial charge is 0.135 e. The number of rotatable bonds is 5. The van der Waals surface area contributed by atoms with Crippen molar-refractivity contribution in [1.29, 1.82) is 0 Å². The van der Waals surface area contributed by atoms with Gasteiger partial charge in [0, 0.05) is 28.9 Å². The first-order valence-electron chi connectivity index (χ1n) is 13.1. The van der Waals surface area contributed by atoms with Gasteiger partial charge in [0.1, 0.15) is 11.2 Å². The predicted molar refractivity (Wildman–Crippen MR) is 146 cm³/mol. The zero-order chi connectivity index (χ0) is 23.9. The van der Waals surface area contributed by atoms with E-state index < -0.39 is 0 Å². The average Bonchev–Trinajstić information content (AvgIpc) is 3.68. The van der Waals surface area contributed by atoms with E-state index in [9.17, 15) is 0 Å². The van der Waals surface area contributed by atoms with Crippen LogP contribution in [0.3, 0.4) is 0 Å². The zero-order valence-electron chi connectivity index (χ0n) is 20.3. The molecule has 0 amide bonds. The summed E-state index contributed by atoms with van der Waals surface area (Å²) in [5.41, 5.74) is 10.6. The van der Waals surface area contributed by atoms with Crippen LogP contribution in [0.25, 0.3) is 50.2 Å². The summed E-state index contributed by atoms with van der Waals surface area (Å²) in [7, 11) is 0. The highest BCUT2D eigenvalue weighted by molar-refractivity contribution is 6.00. The van der Waals surface area contributed by atoms with Gasteiger partial charge in [0.2, 0.25) is 0 Å². The van der Waals surface area contributed by atoms with Crippen LogP contribution in [0, 0.1) is 5.92 Å². The molecule has 7 rings (SSSR count). The second-order valence-corrected chi connectivity index (χ2v) is 10.2. The molecule has 2 aliphatic rings. The summed E-state index contributed by atoms with van der Waals surface area (Å²) in [6.45, 7) is 0. The van der Waals surface area contributed by atoms with E-state index in [0.717, 1.165) is 58.0 Å². The molecule has 2 aliphatic carbocycles. The summed E-state index contributed by atoms with van der Waals surface area (Å²) in [4.78, 5) is 13.2. The third-order valence-corrected chi connectivity index (χ3v) is 7.75. The number of aromatic amines is 2. The molecule has 0 aliphatic heterocycles. The van der Waals surface area contributed by atoms with Crippen molar-refractivity contribution in [1.82, 2.24) is 25.1 Å². The monoisotopic (exact) mass is 471 g/mol. The Morgan fingerprint density at radius 3 is 2.78 bits per heavy atom. The largest absolute Gasteiger partial charge is 0.353 e. The normalized spacial score (nSPS) is 16.3. The van der Waals surface area contributed by atoms with Crippen LogP contribution in [0.2, 0.25) is 0 Å². The number of hydrogen-bond donors (Lipinski definition) is 2. The minimum atomic E-state index is 0.786. The van der Waals surface area contributed by atoms with Crippen LogP contribution < -0.4 is 0 Å². The summed E-state index contributed by atoms with van der Waals surface area (Å²) >= 11 is 0. The van der Waals surface area contributed by atoms with Crippen LogP contribution in [0.15, 0.2) is 73.1 Å². The molecule has 2 N–H and O–H groups in total. The number of aromatic nitrogens is 5. The molecule has 5 aromatic rings. The fraction of sp³-hybridized carbons (Fsp3) is 0.258. The molecule has 4 aromatic heterocycles. The highest BCUT2D eigenvalue weighted by Gasteiger charge is 2.17. The number of pyridine rings is 2. The molecule has 4 heterocycles. The van der Waals surface area contributed by atoms with Crippen LogP contribution in [0.4, 0.5) is 0 Å². The van der Waals surface area contributed by atoms with E-state index in [4.69, 9.17) is 4.98 Å². The second-order valence-electron chi connectivity index (χ2n) is 10.2. The molecule has 1 fully saturated rings. The maximum atomic E-state index is 5.06. The topological polar surface area (TPSA) is 70.2 Å². The molecule has 0 atom stereocenters. The van der Waals surface area contributed by atoms with Crippen molar-refractivity contribution in [2.24, 2.45) is 5.92 Å². The van der Waals surface area contributed by atoms with Gasteiger partial charge in [-0.15, -0.1) is 0 Å². The van der Waals surface area contributed by atoms with Gasteiger partial charge >= 0.3 is 0 Å². The van der Waals surface area contributed by atoms with Gasteiger partial charge < -0.3 is 4.98 Å². The van der Waals surface area contributed by atoms with Gasteiger partial charge in [-0.25, -0.2) is 4.98 Å². The Morgan fingerprint density at radius 1 is 0.944 bits per heavy atom. The lowest BCUT2D eigenvalue weighted by Crippen LogP contribution is -2.09. The van der Waals surface area contributed by atoms with Crippen LogP contribution in [0.5, 0.6) is 0 Å². The summed E-state index contributed by atoms with van der Waals surface area (Å²) < 4.78 is 0. The third kappa shape index (κ3) is 3.85. The molecule has 0 saturated heterocycles. The van der Waals surface area contributed by atoms with Crippen molar-refractivity contribution >= 4 is 27.5 Å². The number of allylic oxidation sites excluding steroid dienone is 4. The summed E-state index contributed by atoms with van der Waals surface area (Å²) in [6, 6.07) is 15.0. The fourth-order valence-electron chi connectivity index (χ4n) is 5.90. The van der Waals surface area contributed by atoms with E-state index in [1.165, 1.54) is 54.2 Å².